The van der Waals surface area contributed by atoms with Crippen LogP contribution in [0.5, 0.6) is 0 Å². The molecule has 3 rings (SSSR count). The van der Waals surface area contributed by atoms with E-state index in [0.29, 0.717) is 17.4 Å². The number of amides is 1. The van der Waals surface area contributed by atoms with Crippen LogP contribution in [0.1, 0.15) is 53.3 Å². The number of ketones is 1. The van der Waals surface area contributed by atoms with Gasteiger partial charge in [0.1, 0.15) is 0 Å². The third-order valence-electron chi connectivity index (χ3n) is 4.69. The maximum absolute atomic E-state index is 12.2. The Kier molecular flexibility index (Phi) is 7.50. The number of nitrogens with zero attached hydrogens (tertiary/aromatic N) is 3. The predicted octanol–water partition coefficient (Wildman–Crippen LogP) is 2.61. The Hall–Kier alpha value is -2.25. The summed E-state index contributed by atoms with van der Waals surface area (Å²) in [6.07, 6.45) is 2.31. The van der Waals surface area contributed by atoms with E-state index >= 15 is 0 Å². The molecule has 8 heteroatoms. The average molecular weight is 392 g/mol. The number of aromatic nitrogens is 3. The molecule has 2 heterocycles. The van der Waals surface area contributed by atoms with Crippen molar-refractivity contribution in [3.05, 3.63) is 41.2 Å². The number of Topliss-reactive ketones (excluding diaryl/α,β-unsaturated/α-hetero) is 1. The van der Waals surface area contributed by atoms with Gasteiger partial charge in [0.15, 0.2) is 11.6 Å². The highest BCUT2D eigenvalue weighted by molar-refractivity contribution is 5.99. The summed E-state index contributed by atoms with van der Waals surface area (Å²) >= 11 is 0. The van der Waals surface area contributed by atoms with E-state index in [1.807, 2.05) is 19.1 Å². The molecule has 2 N–H and O–H groups in total. The Labute approximate surface area is 165 Å². The lowest BCUT2D eigenvalue weighted by Crippen LogP contribution is -2.27. The predicted molar refractivity (Wildman–Crippen MR) is 106 cm³/mol. The molecule has 146 valence electrons. The van der Waals surface area contributed by atoms with Crippen LogP contribution in [0, 0.1) is 6.92 Å². The summed E-state index contributed by atoms with van der Waals surface area (Å²) in [5.74, 6) is 1.29. The van der Waals surface area contributed by atoms with Gasteiger partial charge in [-0.15, -0.1) is 12.4 Å². The summed E-state index contributed by atoms with van der Waals surface area (Å²) < 4.78 is 1.59. The van der Waals surface area contributed by atoms with Crippen LogP contribution in [-0.2, 0) is 11.8 Å². The van der Waals surface area contributed by atoms with E-state index in [-0.39, 0.29) is 36.9 Å². The van der Waals surface area contributed by atoms with Crippen LogP contribution in [0.25, 0.3) is 0 Å². The minimum atomic E-state index is -0.224. The Balaban J connectivity index is 0.00000261. The molecule has 1 aromatic heterocycles. The Morgan fingerprint density at radius 3 is 2.52 bits per heavy atom. The fourth-order valence-corrected chi connectivity index (χ4v) is 3.06. The van der Waals surface area contributed by atoms with Gasteiger partial charge in [0.25, 0.3) is 0 Å². The molecule has 0 spiro atoms. The summed E-state index contributed by atoms with van der Waals surface area (Å²) in [4.78, 5) is 28.8. The van der Waals surface area contributed by atoms with Gasteiger partial charge in [-0.3, -0.25) is 14.9 Å². The van der Waals surface area contributed by atoms with E-state index in [9.17, 15) is 9.59 Å². The molecule has 1 saturated heterocycles. The highest BCUT2D eigenvalue weighted by Gasteiger charge is 2.21. The molecule has 0 saturated carbocycles. The lowest BCUT2D eigenvalue weighted by molar-refractivity contribution is -0.116. The highest BCUT2D eigenvalue weighted by atomic mass is 35.5. The number of carbonyl (C=O) groups is 2. The summed E-state index contributed by atoms with van der Waals surface area (Å²) in [6.45, 7) is 3.90. The van der Waals surface area contributed by atoms with Crippen LogP contribution in [0.15, 0.2) is 24.3 Å². The van der Waals surface area contributed by atoms with Crippen LogP contribution in [0.4, 0.5) is 5.95 Å². The summed E-state index contributed by atoms with van der Waals surface area (Å²) in [7, 11) is 1.77. The molecule has 1 aliphatic heterocycles. The van der Waals surface area contributed by atoms with E-state index < -0.39 is 0 Å². The van der Waals surface area contributed by atoms with Gasteiger partial charge >= 0.3 is 0 Å². The summed E-state index contributed by atoms with van der Waals surface area (Å²) in [5, 5.41) is 10.5. The number of nitrogens with one attached hydrogen (secondary N) is 2. The van der Waals surface area contributed by atoms with Crippen molar-refractivity contribution in [2.75, 3.05) is 18.4 Å². The van der Waals surface area contributed by atoms with E-state index in [4.69, 9.17) is 0 Å². The third-order valence-corrected chi connectivity index (χ3v) is 4.69. The number of anilines is 1. The van der Waals surface area contributed by atoms with Gasteiger partial charge in [-0.2, -0.15) is 10.1 Å². The molecular formula is C19H26ClN5O2. The van der Waals surface area contributed by atoms with Crippen molar-refractivity contribution in [1.82, 2.24) is 20.1 Å². The maximum atomic E-state index is 12.2. The lowest BCUT2D eigenvalue weighted by Gasteiger charge is -2.19. The van der Waals surface area contributed by atoms with Crippen LogP contribution in [0.2, 0.25) is 0 Å². The SMILES string of the molecule is Cc1ccc(C(=O)CCC(=O)Nc2nc(C3CCNCC3)nn2C)cc1.Cl. The molecular weight excluding hydrogens is 366 g/mol. The minimum Gasteiger partial charge on any atom is -0.317 e. The minimum absolute atomic E-state index is 0. The largest absolute Gasteiger partial charge is 0.317 e. The fourth-order valence-electron chi connectivity index (χ4n) is 3.06. The number of carbonyl (C=O) groups excluding carboxylic acids is 2. The molecule has 1 aliphatic rings. The van der Waals surface area contributed by atoms with E-state index in [1.54, 1.807) is 23.9 Å². The number of aryl methyl sites for hydroxylation is 2. The number of hydrogen-bond donors (Lipinski definition) is 2. The maximum Gasteiger partial charge on any atom is 0.227 e. The second kappa shape index (κ2) is 9.62. The van der Waals surface area contributed by atoms with Gasteiger partial charge in [-0.25, -0.2) is 4.68 Å². The Morgan fingerprint density at radius 2 is 1.85 bits per heavy atom. The molecule has 0 unspecified atom stereocenters. The van der Waals surface area contributed by atoms with Gasteiger partial charge in [0.2, 0.25) is 11.9 Å². The van der Waals surface area contributed by atoms with Gasteiger partial charge in [0.05, 0.1) is 0 Å². The molecule has 0 aliphatic carbocycles. The van der Waals surface area contributed by atoms with Crippen LogP contribution in [-0.4, -0.2) is 39.5 Å². The van der Waals surface area contributed by atoms with Crippen LogP contribution in [0.3, 0.4) is 0 Å². The monoisotopic (exact) mass is 391 g/mol. The Bertz CT molecular complexity index is 782. The zero-order valence-corrected chi connectivity index (χ0v) is 16.5. The molecule has 1 aromatic carbocycles. The number of hydrogen-bond acceptors (Lipinski definition) is 5. The highest BCUT2D eigenvalue weighted by Crippen LogP contribution is 2.23. The molecule has 1 fully saturated rings. The normalized spacial score (nSPS) is 14.4. The van der Waals surface area contributed by atoms with Gasteiger partial charge in [0, 0.05) is 31.4 Å². The molecule has 0 atom stereocenters. The van der Waals surface area contributed by atoms with Gasteiger partial charge < -0.3 is 5.32 Å². The molecule has 1 amide bonds. The number of halogens is 1. The van der Waals surface area contributed by atoms with E-state index in [1.165, 1.54) is 0 Å². The van der Waals surface area contributed by atoms with Crippen molar-refractivity contribution >= 4 is 30.0 Å². The van der Waals surface area contributed by atoms with Crippen molar-refractivity contribution in [3.8, 4) is 0 Å². The van der Waals surface area contributed by atoms with Gasteiger partial charge in [-0.05, 0) is 32.9 Å². The van der Waals surface area contributed by atoms with Crippen molar-refractivity contribution in [1.29, 1.82) is 0 Å². The van der Waals surface area contributed by atoms with E-state index in [2.05, 4.69) is 20.7 Å². The summed E-state index contributed by atoms with van der Waals surface area (Å²) in [6, 6.07) is 7.39. The fraction of sp³-hybridized carbons (Fsp3) is 0.474. The molecule has 0 radical (unpaired) electrons. The second-order valence-electron chi connectivity index (χ2n) is 6.78. The van der Waals surface area contributed by atoms with Gasteiger partial charge in [-0.1, -0.05) is 29.8 Å². The first-order valence-corrected chi connectivity index (χ1v) is 9.04. The van der Waals surface area contributed by atoms with Crippen molar-refractivity contribution in [2.45, 2.75) is 38.5 Å². The average Bonchev–Trinajstić information content (AvgIpc) is 3.01. The first-order valence-electron chi connectivity index (χ1n) is 9.04. The third kappa shape index (κ3) is 5.61. The van der Waals surface area contributed by atoms with Crippen LogP contribution < -0.4 is 10.6 Å². The van der Waals surface area contributed by atoms with Crippen molar-refractivity contribution in [2.24, 2.45) is 7.05 Å². The number of rotatable bonds is 6. The summed E-state index contributed by atoms with van der Waals surface area (Å²) in [5.41, 5.74) is 1.74. The zero-order valence-electron chi connectivity index (χ0n) is 15.7. The smallest absolute Gasteiger partial charge is 0.227 e. The lowest BCUT2D eigenvalue weighted by atomic mass is 9.98. The second-order valence-corrected chi connectivity index (χ2v) is 6.78. The van der Waals surface area contributed by atoms with E-state index in [0.717, 1.165) is 37.3 Å². The Morgan fingerprint density at radius 1 is 1.19 bits per heavy atom. The standard InChI is InChI=1S/C19H25N5O2.ClH/c1-13-3-5-14(6-4-13)16(25)7-8-17(26)21-19-22-18(23-24(19)2)15-9-11-20-12-10-15;/h3-6,15,20H,7-12H2,1-2H3,(H,21,22,23,26);1H. The number of piperidine rings is 1. The van der Waals surface area contributed by atoms with Crippen molar-refractivity contribution < 1.29 is 9.59 Å². The number of benzene rings is 1. The molecule has 27 heavy (non-hydrogen) atoms. The molecule has 0 bridgehead atoms. The molecule has 7 nitrogen and oxygen atoms in total. The quantitative estimate of drug-likeness (QED) is 0.739. The van der Waals surface area contributed by atoms with Crippen molar-refractivity contribution in [3.63, 3.8) is 0 Å². The topological polar surface area (TPSA) is 88.9 Å². The first kappa shape index (κ1) is 21.1. The first-order chi connectivity index (χ1) is 12.5. The zero-order chi connectivity index (χ0) is 18.5. The molecule has 2 aromatic rings. The van der Waals surface area contributed by atoms with Crippen LogP contribution >= 0.6 is 12.4 Å².